The molecule has 0 aliphatic carbocycles. The highest BCUT2D eigenvalue weighted by Crippen LogP contribution is 2.28. The predicted molar refractivity (Wildman–Crippen MR) is 57.3 cm³/mol. The Balaban J connectivity index is 2.69. The third-order valence-corrected chi connectivity index (χ3v) is 2.25. The van der Waals surface area contributed by atoms with Crippen molar-refractivity contribution in [1.29, 1.82) is 0 Å². The highest BCUT2D eigenvalue weighted by Gasteiger charge is 2.05. The first-order valence-electron chi connectivity index (χ1n) is 4.44. The average molecular weight is 185 g/mol. The van der Waals surface area contributed by atoms with Gasteiger partial charge in [0.2, 0.25) is 0 Å². The van der Waals surface area contributed by atoms with E-state index < -0.39 is 0 Å². The lowest BCUT2D eigenvalue weighted by Gasteiger charge is -2.09. The molecule has 0 saturated carbocycles. The second-order valence-corrected chi connectivity index (χ2v) is 3.16. The van der Waals surface area contributed by atoms with Crippen LogP contribution in [0.15, 0.2) is 36.4 Å². The van der Waals surface area contributed by atoms with Gasteiger partial charge >= 0.3 is 7.69 Å². The third-order valence-electron chi connectivity index (χ3n) is 2.25. The van der Waals surface area contributed by atoms with Crippen LogP contribution in [-0.4, -0.2) is 12.7 Å². The van der Waals surface area contributed by atoms with Crippen LogP contribution in [0.3, 0.4) is 0 Å². The van der Waals surface area contributed by atoms with Crippen molar-refractivity contribution in [1.82, 2.24) is 0 Å². The number of rotatable bonds is 2. The zero-order chi connectivity index (χ0) is 9.97. The highest BCUT2D eigenvalue weighted by atomic mass is 16.5. The van der Waals surface area contributed by atoms with Gasteiger partial charge in [-0.1, -0.05) is 36.4 Å². The quantitative estimate of drug-likeness (QED) is 0.725. The standard InChI is InChI=1S/C11H10BO2/c1-8-6-7-9-4-2-3-5-10(9)11(8)14-12-13/h2-7,13H,1H3. The van der Waals surface area contributed by atoms with Gasteiger partial charge in [-0.2, -0.15) is 0 Å². The van der Waals surface area contributed by atoms with Gasteiger partial charge < -0.3 is 9.68 Å². The van der Waals surface area contributed by atoms with Gasteiger partial charge in [0.1, 0.15) is 5.75 Å². The van der Waals surface area contributed by atoms with Gasteiger partial charge in [-0.3, -0.25) is 0 Å². The Morgan fingerprint density at radius 1 is 1.14 bits per heavy atom. The van der Waals surface area contributed by atoms with E-state index in [4.69, 9.17) is 9.68 Å². The van der Waals surface area contributed by atoms with Gasteiger partial charge in [-0.15, -0.1) is 0 Å². The van der Waals surface area contributed by atoms with E-state index in [1.54, 1.807) is 0 Å². The highest BCUT2D eigenvalue weighted by molar-refractivity contribution is 6.18. The first-order chi connectivity index (χ1) is 6.83. The molecule has 0 amide bonds. The number of benzene rings is 2. The Morgan fingerprint density at radius 2 is 1.93 bits per heavy atom. The van der Waals surface area contributed by atoms with Crippen LogP contribution in [-0.2, 0) is 0 Å². The van der Waals surface area contributed by atoms with Crippen LogP contribution in [0, 0.1) is 6.92 Å². The molecule has 3 heteroatoms. The molecule has 0 aliphatic rings. The molecule has 0 spiro atoms. The van der Waals surface area contributed by atoms with Crippen molar-refractivity contribution in [2.75, 3.05) is 0 Å². The van der Waals surface area contributed by atoms with Crippen molar-refractivity contribution in [3.05, 3.63) is 42.0 Å². The summed E-state index contributed by atoms with van der Waals surface area (Å²) in [4.78, 5) is 0. The molecule has 1 radical (unpaired) electrons. The van der Waals surface area contributed by atoms with E-state index >= 15 is 0 Å². The van der Waals surface area contributed by atoms with Crippen molar-refractivity contribution >= 4 is 18.5 Å². The minimum atomic E-state index is 0.714. The molecule has 2 nitrogen and oxygen atoms in total. The van der Waals surface area contributed by atoms with E-state index in [0.29, 0.717) is 5.75 Å². The maximum atomic E-state index is 8.66. The largest absolute Gasteiger partial charge is 0.569 e. The zero-order valence-corrected chi connectivity index (χ0v) is 7.90. The maximum Gasteiger partial charge on any atom is 0.569 e. The maximum absolute atomic E-state index is 8.66. The van der Waals surface area contributed by atoms with Gasteiger partial charge in [0.15, 0.2) is 0 Å². The molecular formula is C11H10BO2. The van der Waals surface area contributed by atoms with Crippen LogP contribution in [0.2, 0.25) is 0 Å². The van der Waals surface area contributed by atoms with Crippen molar-refractivity contribution < 1.29 is 9.68 Å². The lowest BCUT2D eigenvalue weighted by atomic mass is 10.1. The minimum Gasteiger partial charge on any atom is -0.537 e. The molecule has 14 heavy (non-hydrogen) atoms. The second-order valence-electron chi connectivity index (χ2n) is 3.16. The molecule has 2 aromatic rings. The van der Waals surface area contributed by atoms with E-state index in [-0.39, 0.29) is 0 Å². The Labute approximate surface area is 83.4 Å². The summed E-state index contributed by atoms with van der Waals surface area (Å²) in [5.74, 6) is 0.714. The SMILES string of the molecule is Cc1ccc2ccccc2c1O[B]O. The molecule has 0 bridgehead atoms. The summed E-state index contributed by atoms with van der Waals surface area (Å²) in [7, 11) is 0.717. The fraction of sp³-hybridized carbons (Fsp3) is 0.0909. The summed E-state index contributed by atoms with van der Waals surface area (Å²) in [6.07, 6.45) is 0. The van der Waals surface area contributed by atoms with Gasteiger partial charge in [-0.05, 0) is 17.9 Å². The topological polar surface area (TPSA) is 29.5 Å². The van der Waals surface area contributed by atoms with Crippen molar-refractivity contribution in [2.45, 2.75) is 6.92 Å². The predicted octanol–water partition coefficient (Wildman–Crippen LogP) is 2.05. The number of hydrogen-bond acceptors (Lipinski definition) is 2. The molecule has 69 valence electrons. The summed E-state index contributed by atoms with van der Waals surface area (Å²) in [6.45, 7) is 1.95. The van der Waals surface area contributed by atoms with E-state index in [9.17, 15) is 0 Å². The van der Waals surface area contributed by atoms with Crippen LogP contribution >= 0.6 is 0 Å². The minimum absolute atomic E-state index is 0.714. The Hall–Kier alpha value is -1.48. The van der Waals surface area contributed by atoms with Gasteiger partial charge in [0.05, 0.1) is 0 Å². The second kappa shape index (κ2) is 3.72. The molecule has 0 saturated heterocycles. The molecule has 0 atom stereocenters. The molecule has 0 unspecified atom stereocenters. The van der Waals surface area contributed by atoms with E-state index in [2.05, 4.69) is 0 Å². The molecule has 0 heterocycles. The van der Waals surface area contributed by atoms with Crippen LogP contribution < -0.4 is 4.65 Å². The van der Waals surface area contributed by atoms with Gasteiger partial charge in [0.25, 0.3) is 0 Å². The Kier molecular flexibility index (Phi) is 2.42. The lowest BCUT2D eigenvalue weighted by molar-refractivity contribution is 0.455. The summed E-state index contributed by atoms with van der Waals surface area (Å²) in [5, 5.41) is 10.8. The van der Waals surface area contributed by atoms with Crippen LogP contribution in [0.25, 0.3) is 10.8 Å². The molecule has 0 aliphatic heterocycles. The molecule has 0 aromatic heterocycles. The Morgan fingerprint density at radius 3 is 2.71 bits per heavy atom. The Bertz CT molecular complexity index is 454. The van der Waals surface area contributed by atoms with Crippen molar-refractivity contribution in [3.8, 4) is 5.75 Å². The van der Waals surface area contributed by atoms with Crippen LogP contribution in [0.4, 0.5) is 0 Å². The van der Waals surface area contributed by atoms with Gasteiger partial charge in [0, 0.05) is 5.39 Å². The number of fused-ring (bicyclic) bond motifs is 1. The third kappa shape index (κ3) is 1.47. The molecule has 0 fully saturated rings. The fourth-order valence-electron chi connectivity index (χ4n) is 1.56. The lowest BCUT2D eigenvalue weighted by Crippen LogP contribution is -2.01. The summed E-state index contributed by atoms with van der Waals surface area (Å²) in [6, 6.07) is 11.9. The van der Waals surface area contributed by atoms with Crippen LogP contribution in [0.5, 0.6) is 5.75 Å². The van der Waals surface area contributed by atoms with E-state index in [1.807, 2.05) is 43.3 Å². The smallest absolute Gasteiger partial charge is 0.537 e. The zero-order valence-electron chi connectivity index (χ0n) is 7.90. The van der Waals surface area contributed by atoms with E-state index in [0.717, 1.165) is 24.0 Å². The monoisotopic (exact) mass is 185 g/mol. The molecule has 2 aromatic carbocycles. The first kappa shape index (κ1) is 9.09. The number of hydrogen-bond donors (Lipinski definition) is 1. The fourth-order valence-corrected chi connectivity index (χ4v) is 1.56. The average Bonchev–Trinajstić information content (AvgIpc) is 2.23. The summed E-state index contributed by atoms with van der Waals surface area (Å²) < 4.78 is 5.08. The van der Waals surface area contributed by atoms with Crippen molar-refractivity contribution in [2.24, 2.45) is 0 Å². The molecule has 1 N–H and O–H groups in total. The van der Waals surface area contributed by atoms with E-state index in [1.165, 1.54) is 0 Å². The summed E-state index contributed by atoms with van der Waals surface area (Å²) in [5.41, 5.74) is 1.01. The van der Waals surface area contributed by atoms with Crippen molar-refractivity contribution in [3.63, 3.8) is 0 Å². The molecular weight excluding hydrogens is 175 g/mol. The number of aryl methyl sites for hydroxylation is 1. The normalized spacial score (nSPS) is 10.1. The van der Waals surface area contributed by atoms with Gasteiger partial charge in [-0.25, -0.2) is 0 Å². The first-order valence-corrected chi connectivity index (χ1v) is 4.44. The molecule has 2 rings (SSSR count). The van der Waals surface area contributed by atoms with Crippen LogP contribution in [0.1, 0.15) is 5.56 Å². The summed E-state index contributed by atoms with van der Waals surface area (Å²) >= 11 is 0.